The maximum absolute atomic E-state index is 14.4. The van der Waals surface area contributed by atoms with Crippen LogP contribution in [0.25, 0.3) is 11.2 Å². The molecular formula is C31H32FN5O4S. The van der Waals surface area contributed by atoms with Gasteiger partial charge in [-0.2, -0.15) is 0 Å². The second-order valence-electron chi connectivity index (χ2n) is 10.1. The van der Waals surface area contributed by atoms with Crippen LogP contribution < -0.4 is 16.0 Å². The second-order valence-corrected chi connectivity index (χ2v) is 11.8. The molecule has 0 unspecified atom stereocenters. The fourth-order valence-electron chi connectivity index (χ4n) is 4.75. The van der Waals surface area contributed by atoms with E-state index in [4.69, 9.17) is 0 Å². The lowest BCUT2D eigenvalue weighted by Crippen LogP contribution is -2.40. The van der Waals surface area contributed by atoms with Crippen molar-refractivity contribution in [3.05, 3.63) is 122 Å². The van der Waals surface area contributed by atoms with Gasteiger partial charge in [-0.15, -0.1) is 0 Å². The fourth-order valence-corrected chi connectivity index (χ4v) is 5.81. The first-order valence-corrected chi connectivity index (χ1v) is 15.3. The van der Waals surface area contributed by atoms with Gasteiger partial charge in [0.05, 0.1) is 11.4 Å². The molecule has 5 rings (SSSR count). The summed E-state index contributed by atoms with van der Waals surface area (Å²) in [5, 5.41) is 0. The van der Waals surface area contributed by atoms with E-state index >= 15 is 0 Å². The lowest BCUT2D eigenvalue weighted by molar-refractivity contribution is 0.553. The van der Waals surface area contributed by atoms with Gasteiger partial charge in [0.2, 0.25) is 0 Å². The highest BCUT2D eigenvalue weighted by atomic mass is 32.2. The number of aromatic amines is 1. The summed E-state index contributed by atoms with van der Waals surface area (Å²) < 4.78 is 45.0. The van der Waals surface area contributed by atoms with Crippen LogP contribution in [0.4, 0.5) is 10.1 Å². The molecule has 0 radical (unpaired) electrons. The monoisotopic (exact) mass is 589 g/mol. The number of anilines is 1. The zero-order chi connectivity index (χ0) is 29.9. The van der Waals surface area contributed by atoms with E-state index < -0.39 is 27.1 Å². The van der Waals surface area contributed by atoms with E-state index in [1.165, 1.54) is 10.6 Å². The third-order valence-corrected chi connectivity index (χ3v) is 8.55. The van der Waals surface area contributed by atoms with Gasteiger partial charge in [-0.1, -0.05) is 62.7 Å². The predicted molar refractivity (Wildman–Crippen MR) is 161 cm³/mol. The van der Waals surface area contributed by atoms with Crippen molar-refractivity contribution in [1.82, 2.24) is 19.1 Å². The van der Waals surface area contributed by atoms with Gasteiger partial charge >= 0.3 is 5.69 Å². The van der Waals surface area contributed by atoms with Crippen molar-refractivity contribution in [2.24, 2.45) is 0 Å². The number of aromatic nitrogens is 4. The van der Waals surface area contributed by atoms with Gasteiger partial charge in [-0.25, -0.2) is 22.6 Å². The molecule has 3 aromatic carbocycles. The van der Waals surface area contributed by atoms with Crippen molar-refractivity contribution in [2.45, 2.75) is 57.5 Å². The van der Waals surface area contributed by atoms with Crippen molar-refractivity contribution in [3.8, 4) is 0 Å². The Labute approximate surface area is 242 Å². The first-order chi connectivity index (χ1) is 20.2. The Bertz CT molecular complexity index is 1940. The molecule has 5 aromatic rings. The summed E-state index contributed by atoms with van der Waals surface area (Å²) in [6.07, 6.45) is 2.67. The Morgan fingerprint density at radius 2 is 1.60 bits per heavy atom. The van der Waals surface area contributed by atoms with Crippen LogP contribution in [-0.4, -0.2) is 27.5 Å². The molecular weight excluding hydrogens is 557 g/mol. The summed E-state index contributed by atoms with van der Waals surface area (Å²) >= 11 is 0. The quantitative estimate of drug-likeness (QED) is 0.229. The molecule has 218 valence electrons. The fraction of sp³-hybridized carbons (Fsp3) is 0.258. The number of imidazole rings is 1. The number of halogens is 1. The number of hydrogen-bond donors (Lipinski definition) is 2. The van der Waals surface area contributed by atoms with Gasteiger partial charge < -0.3 is 4.98 Å². The topological polar surface area (TPSA) is 119 Å². The molecule has 11 heteroatoms. The number of sulfonamides is 1. The van der Waals surface area contributed by atoms with Crippen LogP contribution in [0, 0.1) is 5.82 Å². The summed E-state index contributed by atoms with van der Waals surface area (Å²) in [6, 6.07) is 19.7. The zero-order valence-corrected chi connectivity index (χ0v) is 24.2. The summed E-state index contributed by atoms with van der Waals surface area (Å²) in [6.45, 7) is 4.17. The molecule has 0 saturated carbocycles. The highest BCUT2D eigenvalue weighted by molar-refractivity contribution is 7.92. The molecule has 0 aliphatic heterocycles. The highest BCUT2D eigenvalue weighted by Gasteiger charge is 2.19. The molecule has 0 spiro atoms. The van der Waals surface area contributed by atoms with E-state index in [-0.39, 0.29) is 28.2 Å². The number of nitrogens with one attached hydrogen (secondary N) is 2. The van der Waals surface area contributed by atoms with Crippen LogP contribution in [0.5, 0.6) is 0 Å². The number of benzene rings is 3. The van der Waals surface area contributed by atoms with E-state index in [9.17, 15) is 22.4 Å². The number of fused-ring (bicyclic) bond motifs is 1. The van der Waals surface area contributed by atoms with E-state index in [1.807, 2.05) is 13.8 Å². The normalized spacial score (nSPS) is 11.7. The second kappa shape index (κ2) is 12.2. The number of hydrogen-bond acceptors (Lipinski definition) is 5. The molecule has 2 N–H and O–H groups in total. The van der Waals surface area contributed by atoms with Crippen molar-refractivity contribution >= 4 is 26.9 Å². The standard InChI is InChI=1S/C31H32FN5O4S/c1-3-5-18-36-29-28(30(38)37(31(36)39)20-23-8-6-7-9-26(23)32)33-27(34-29)19-22-10-14-24(15-11-22)35-42(40,41)25-16-12-21(4-2)13-17-25/h6-17,35H,3-5,18-20H2,1-2H3,(H,33,34). The molecule has 9 nitrogen and oxygen atoms in total. The molecule has 42 heavy (non-hydrogen) atoms. The molecule has 0 fully saturated rings. The van der Waals surface area contributed by atoms with Crippen LogP contribution in [0.3, 0.4) is 0 Å². The largest absolute Gasteiger partial charge is 0.336 e. The van der Waals surface area contributed by atoms with Gasteiger partial charge in [0, 0.05) is 24.2 Å². The number of unbranched alkanes of at least 4 members (excludes halogenated alkanes) is 1. The molecule has 2 aromatic heterocycles. The van der Waals surface area contributed by atoms with Crippen LogP contribution in [0.2, 0.25) is 0 Å². The zero-order valence-electron chi connectivity index (χ0n) is 23.4. The number of H-pyrrole nitrogens is 1. The van der Waals surface area contributed by atoms with Crippen molar-refractivity contribution in [1.29, 1.82) is 0 Å². The van der Waals surface area contributed by atoms with Crippen LogP contribution >= 0.6 is 0 Å². The molecule has 0 atom stereocenters. The first kappa shape index (κ1) is 29.0. The summed E-state index contributed by atoms with van der Waals surface area (Å²) in [5.41, 5.74) is 1.85. The van der Waals surface area contributed by atoms with Crippen LogP contribution in [-0.2, 0) is 36.0 Å². The van der Waals surface area contributed by atoms with Crippen LogP contribution in [0.15, 0.2) is 87.3 Å². The first-order valence-electron chi connectivity index (χ1n) is 13.9. The van der Waals surface area contributed by atoms with E-state index in [0.717, 1.165) is 28.5 Å². The molecule has 0 saturated heterocycles. The smallest absolute Gasteiger partial charge is 0.333 e. The minimum Gasteiger partial charge on any atom is -0.336 e. The Balaban J connectivity index is 1.41. The SMILES string of the molecule is CCCCn1c(=O)n(Cc2ccccc2F)c(=O)c2[nH]c(Cc3ccc(NS(=O)(=O)c4ccc(CC)cc4)cc3)nc21. The Morgan fingerprint density at radius 3 is 2.26 bits per heavy atom. The molecule has 2 heterocycles. The maximum Gasteiger partial charge on any atom is 0.333 e. The van der Waals surface area contributed by atoms with Crippen molar-refractivity contribution in [2.75, 3.05) is 4.72 Å². The molecule has 0 amide bonds. The van der Waals surface area contributed by atoms with Gasteiger partial charge in [0.1, 0.15) is 17.2 Å². The summed E-state index contributed by atoms with van der Waals surface area (Å²) in [5.74, 6) is -0.0193. The minimum atomic E-state index is -3.74. The summed E-state index contributed by atoms with van der Waals surface area (Å²) in [7, 11) is -3.74. The Kier molecular flexibility index (Phi) is 8.39. The third-order valence-electron chi connectivity index (χ3n) is 7.15. The lowest BCUT2D eigenvalue weighted by Gasteiger charge is -2.11. The average molecular weight is 590 g/mol. The molecule has 0 bridgehead atoms. The summed E-state index contributed by atoms with van der Waals surface area (Å²) in [4.78, 5) is 34.6. The number of aryl methyl sites for hydroxylation is 2. The van der Waals surface area contributed by atoms with E-state index in [2.05, 4.69) is 14.7 Å². The van der Waals surface area contributed by atoms with Crippen molar-refractivity contribution < 1.29 is 12.8 Å². The number of rotatable bonds is 11. The van der Waals surface area contributed by atoms with E-state index in [1.54, 1.807) is 66.7 Å². The van der Waals surface area contributed by atoms with Gasteiger partial charge in [-0.05, 0) is 54.3 Å². The molecule has 0 aliphatic rings. The highest BCUT2D eigenvalue weighted by Crippen LogP contribution is 2.19. The minimum absolute atomic E-state index is 0.176. The average Bonchev–Trinajstić information content (AvgIpc) is 3.40. The third kappa shape index (κ3) is 6.06. The number of nitrogens with zero attached hydrogens (tertiary/aromatic N) is 3. The van der Waals surface area contributed by atoms with Crippen LogP contribution in [0.1, 0.15) is 49.2 Å². The van der Waals surface area contributed by atoms with Crippen molar-refractivity contribution in [3.63, 3.8) is 0 Å². The van der Waals surface area contributed by atoms with Gasteiger partial charge in [0.25, 0.3) is 15.6 Å². The lowest BCUT2D eigenvalue weighted by atomic mass is 10.1. The Morgan fingerprint density at radius 1 is 0.905 bits per heavy atom. The van der Waals surface area contributed by atoms with Gasteiger partial charge in [0.15, 0.2) is 5.65 Å². The molecule has 0 aliphatic carbocycles. The Hall–Kier alpha value is -4.51. The predicted octanol–water partition coefficient (Wildman–Crippen LogP) is 4.83. The van der Waals surface area contributed by atoms with Gasteiger partial charge in [-0.3, -0.25) is 18.7 Å². The van der Waals surface area contributed by atoms with E-state index in [0.29, 0.717) is 30.9 Å². The maximum atomic E-state index is 14.4.